The van der Waals surface area contributed by atoms with E-state index < -0.39 is 0 Å². The first-order chi connectivity index (χ1) is 9.29. The largest absolute Gasteiger partial charge is 0.493 e. The van der Waals surface area contributed by atoms with Crippen LogP contribution in [0.2, 0.25) is 0 Å². The second-order valence-electron chi connectivity index (χ2n) is 5.90. The molecular formula is C16H22BrNO. The van der Waals surface area contributed by atoms with E-state index in [4.69, 9.17) is 4.74 Å². The minimum absolute atomic E-state index is 0.638. The first-order valence-electron chi connectivity index (χ1n) is 7.45. The molecule has 1 aromatic carbocycles. The van der Waals surface area contributed by atoms with Crippen molar-refractivity contribution in [1.29, 1.82) is 0 Å². The van der Waals surface area contributed by atoms with E-state index in [1.807, 2.05) is 0 Å². The summed E-state index contributed by atoms with van der Waals surface area (Å²) in [5, 5.41) is 3.61. The summed E-state index contributed by atoms with van der Waals surface area (Å²) in [7, 11) is 0. The molecule has 0 bridgehead atoms. The Morgan fingerprint density at radius 2 is 2.05 bits per heavy atom. The molecule has 104 valence electrons. The Morgan fingerprint density at radius 1 is 1.16 bits per heavy atom. The zero-order chi connectivity index (χ0) is 13.1. The van der Waals surface area contributed by atoms with Crippen molar-refractivity contribution in [3.05, 3.63) is 28.2 Å². The fourth-order valence-corrected chi connectivity index (χ4v) is 3.22. The van der Waals surface area contributed by atoms with Gasteiger partial charge in [0.2, 0.25) is 0 Å². The van der Waals surface area contributed by atoms with Gasteiger partial charge in [-0.2, -0.15) is 0 Å². The highest BCUT2D eigenvalue weighted by Crippen LogP contribution is 2.30. The van der Waals surface area contributed by atoms with E-state index >= 15 is 0 Å². The molecule has 1 atom stereocenters. The predicted octanol–water partition coefficient (Wildman–Crippen LogP) is 3.92. The van der Waals surface area contributed by atoms with Crippen molar-refractivity contribution in [2.24, 2.45) is 5.92 Å². The molecule has 2 aliphatic rings. The number of hydrogen-bond acceptors (Lipinski definition) is 2. The number of rotatable bonds is 5. The summed E-state index contributed by atoms with van der Waals surface area (Å²) in [4.78, 5) is 0. The van der Waals surface area contributed by atoms with Gasteiger partial charge in [-0.05, 0) is 68.3 Å². The third-order valence-corrected chi connectivity index (χ3v) is 4.47. The van der Waals surface area contributed by atoms with Gasteiger partial charge in [-0.25, -0.2) is 0 Å². The van der Waals surface area contributed by atoms with E-state index in [0.29, 0.717) is 6.04 Å². The minimum Gasteiger partial charge on any atom is -0.493 e. The van der Waals surface area contributed by atoms with Crippen LogP contribution in [0.25, 0.3) is 0 Å². The van der Waals surface area contributed by atoms with Gasteiger partial charge < -0.3 is 10.1 Å². The summed E-state index contributed by atoms with van der Waals surface area (Å²) in [5.41, 5.74) is 1.37. The molecule has 1 saturated carbocycles. The number of halogens is 1. The first kappa shape index (κ1) is 13.4. The van der Waals surface area contributed by atoms with Gasteiger partial charge >= 0.3 is 0 Å². The van der Waals surface area contributed by atoms with Gasteiger partial charge in [-0.1, -0.05) is 22.4 Å². The average Bonchev–Trinajstić information content (AvgIpc) is 3.21. The van der Waals surface area contributed by atoms with Crippen LogP contribution in [-0.4, -0.2) is 19.2 Å². The second kappa shape index (κ2) is 6.27. The highest BCUT2D eigenvalue weighted by Gasteiger charge is 2.22. The third-order valence-electron chi connectivity index (χ3n) is 4.01. The van der Waals surface area contributed by atoms with Crippen molar-refractivity contribution < 1.29 is 4.74 Å². The Bertz CT molecular complexity index is 425. The molecule has 1 N–H and O–H groups in total. The van der Waals surface area contributed by atoms with Crippen molar-refractivity contribution in [1.82, 2.24) is 5.32 Å². The molecule has 0 spiro atoms. The van der Waals surface area contributed by atoms with Crippen molar-refractivity contribution in [3.63, 3.8) is 0 Å². The van der Waals surface area contributed by atoms with Crippen LogP contribution in [0.15, 0.2) is 22.7 Å². The molecule has 1 aliphatic heterocycles. The highest BCUT2D eigenvalue weighted by atomic mass is 79.9. The van der Waals surface area contributed by atoms with Crippen LogP contribution >= 0.6 is 15.9 Å². The summed E-state index contributed by atoms with van der Waals surface area (Å²) in [6.45, 7) is 2.06. The molecule has 1 saturated heterocycles. The van der Waals surface area contributed by atoms with Gasteiger partial charge in [-0.3, -0.25) is 0 Å². The van der Waals surface area contributed by atoms with Crippen LogP contribution in [0, 0.1) is 5.92 Å². The fraction of sp³-hybridized carbons (Fsp3) is 0.625. The van der Waals surface area contributed by atoms with Crippen molar-refractivity contribution in [3.8, 4) is 5.75 Å². The SMILES string of the molecule is Brc1cc(CC2CCCCN2)cc(OCC2CC2)c1. The number of piperidine rings is 1. The number of hydrogen-bond donors (Lipinski definition) is 1. The summed E-state index contributed by atoms with van der Waals surface area (Å²) >= 11 is 3.60. The van der Waals surface area contributed by atoms with Gasteiger partial charge in [0.15, 0.2) is 0 Å². The van der Waals surface area contributed by atoms with E-state index in [-0.39, 0.29) is 0 Å². The van der Waals surface area contributed by atoms with Crippen LogP contribution < -0.4 is 10.1 Å². The van der Waals surface area contributed by atoms with Gasteiger partial charge in [0.1, 0.15) is 5.75 Å². The lowest BCUT2D eigenvalue weighted by atomic mass is 9.98. The molecule has 3 heteroatoms. The normalized spacial score (nSPS) is 23.3. The van der Waals surface area contributed by atoms with E-state index in [2.05, 4.69) is 39.4 Å². The summed E-state index contributed by atoms with van der Waals surface area (Å²) in [6, 6.07) is 7.16. The molecule has 0 amide bonds. The molecule has 2 fully saturated rings. The van der Waals surface area contributed by atoms with Crippen molar-refractivity contribution in [2.75, 3.05) is 13.2 Å². The van der Waals surface area contributed by atoms with Crippen molar-refractivity contribution >= 4 is 15.9 Å². The molecule has 1 heterocycles. The maximum Gasteiger partial charge on any atom is 0.120 e. The average molecular weight is 324 g/mol. The minimum atomic E-state index is 0.638. The van der Waals surface area contributed by atoms with Crippen LogP contribution in [-0.2, 0) is 6.42 Å². The fourth-order valence-electron chi connectivity index (χ4n) is 2.70. The Hall–Kier alpha value is -0.540. The molecule has 2 nitrogen and oxygen atoms in total. The number of nitrogens with one attached hydrogen (secondary N) is 1. The Kier molecular flexibility index (Phi) is 4.44. The molecule has 1 aromatic rings. The molecule has 0 radical (unpaired) electrons. The predicted molar refractivity (Wildman–Crippen MR) is 81.7 cm³/mol. The quantitative estimate of drug-likeness (QED) is 0.886. The standard InChI is InChI=1S/C16H22BrNO/c17-14-7-13(8-15-3-1-2-6-18-15)9-16(10-14)19-11-12-4-5-12/h7,9-10,12,15,18H,1-6,8,11H2. The van der Waals surface area contributed by atoms with Crippen molar-refractivity contribution in [2.45, 2.75) is 44.6 Å². The lowest BCUT2D eigenvalue weighted by molar-refractivity contribution is 0.299. The molecule has 1 aliphatic carbocycles. The molecule has 3 rings (SSSR count). The Labute approximate surface area is 124 Å². The molecular weight excluding hydrogens is 302 g/mol. The Balaban J connectivity index is 1.62. The summed E-state index contributed by atoms with van der Waals surface area (Å²) < 4.78 is 7.02. The van der Waals surface area contributed by atoms with E-state index in [0.717, 1.165) is 29.2 Å². The van der Waals surface area contributed by atoms with Crippen LogP contribution in [0.5, 0.6) is 5.75 Å². The monoisotopic (exact) mass is 323 g/mol. The maximum absolute atomic E-state index is 5.89. The zero-order valence-electron chi connectivity index (χ0n) is 11.3. The van der Waals surface area contributed by atoms with E-state index in [1.165, 1.54) is 44.2 Å². The van der Waals surface area contributed by atoms with Crippen LogP contribution in [0.3, 0.4) is 0 Å². The van der Waals surface area contributed by atoms with E-state index in [1.54, 1.807) is 0 Å². The molecule has 1 unspecified atom stereocenters. The number of benzene rings is 1. The maximum atomic E-state index is 5.89. The van der Waals surface area contributed by atoms with Gasteiger partial charge in [-0.15, -0.1) is 0 Å². The third kappa shape index (κ3) is 4.22. The van der Waals surface area contributed by atoms with Gasteiger partial charge in [0.25, 0.3) is 0 Å². The Morgan fingerprint density at radius 3 is 2.79 bits per heavy atom. The highest BCUT2D eigenvalue weighted by molar-refractivity contribution is 9.10. The molecule has 0 aromatic heterocycles. The second-order valence-corrected chi connectivity index (χ2v) is 6.82. The van der Waals surface area contributed by atoms with Crippen LogP contribution in [0.1, 0.15) is 37.7 Å². The lowest BCUT2D eigenvalue weighted by Crippen LogP contribution is -2.35. The van der Waals surface area contributed by atoms with Crippen LogP contribution in [0.4, 0.5) is 0 Å². The summed E-state index contributed by atoms with van der Waals surface area (Å²) in [5.74, 6) is 1.83. The topological polar surface area (TPSA) is 21.3 Å². The van der Waals surface area contributed by atoms with Gasteiger partial charge in [0, 0.05) is 10.5 Å². The van der Waals surface area contributed by atoms with E-state index in [9.17, 15) is 0 Å². The first-order valence-corrected chi connectivity index (χ1v) is 8.24. The zero-order valence-corrected chi connectivity index (χ0v) is 12.9. The summed E-state index contributed by atoms with van der Waals surface area (Å²) in [6.07, 6.45) is 7.77. The molecule has 19 heavy (non-hydrogen) atoms. The van der Waals surface area contributed by atoms with Gasteiger partial charge in [0.05, 0.1) is 6.61 Å². The smallest absolute Gasteiger partial charge is 0.120 e. The number of ether oxygens (including phenoxy) is 1. The lowest BCUT2D eigenvalue weighted by Gasteiger charge is -2.23.